The largest absolute Gasteiger partial charge is 0.309 e. The number of anilines is 3. The van der Waals surface area contributed by atoms with Crippen molar-refractivity contribution in [2.24, 2.45) is 0 Å². The van der Waals surface area contributed by atoms with Gasteiger partial charge in [-0.15, -0.1) is 0 Å². The van der Waals surface area contributed by atoms with E-state index in [4.69, 9.17) is 0 Å². The zero-order valence-corrected chi connectivity index (χ0v) is 33.5. The van der Waals surface area contributed by atoms with E-state index in [1.165, 1.54) is 98.0 Å². The predicted molar refractivity (Wildman–Crippen MR) is 262 cm³/mol. The third-order valence-electron chi connectivity index (χ3n) is 12.6. The van der Waals surface area contributed by atoms with Crippen molar-refractivity contribution < 1.29 is 0 Å². The molecule has 284 valence electrons. The zero-order chi connectivity index (χ0) is 40.3. The third kappa shape index (κ3) is 5.78. The zero-order valence-electron chi connectivity index (χ0n) is 33.5. The molecule has 0 unspecified atom stereocenters. The van der Waals surface area contributed by atoms with E-state index >= 15 is 0 Å². The van der Waals surface area contributed by atoms with Gasteiger partial charge in [0.1, 0.15) is 0 Å². The van der Waals surface area contributed by atoms with Crippen LogP contribution in [-0.4, -0.2) is 0 Å². The minimum atomic E-state index is 1.10. The highest BCUT2D eigenvalue weighted by molar-refractivity contribution is 6.26. The van der Waals surface area contributed by atoms with Crippen molar-refractivity contribution in [2.45, 2.75) is 0 Å². The number of hydrogen-bond acceptors (Lipinski definition) is 1. The van der Waals surface area contributed by atoms with E-state index < -0.39 is 0 Å². The maximum Gasteiger partial charge on any atom is 0.0625 e. The van der Waals surface area contributed by atoms with Crippen LogP contribution in [0.5, 0.6) is 0 Å². The topological polar surface area (TPSA) is 3.24 Å². The molecule has 12 aromatic carbocycles. The first-order valence-electron chi connectivity index (χ1n) is 21.1. The minimum Gasteiger partial charge on any atom is -0.309 e. The maximum atomic E-state index is 2.52. The Hall–Kier alpha value is -8.00. The monoisotopic (exact) mass is 773 g/mol. The number of hydrogen-bond donors (Lipinski definition) is 0. The minimum absolute atomic E-state index is 1.10. The molecule has 0 atom stereocenters. The van der Waals surface area contributed by atoms with Gasteiger partial charge in [0.05, 0.1) is 11.4 Å². The molecular formula is C60H39N. The van der Waals surface area contributed by atoms with Gasteiger partial charge in [0.15, 0.2) is 0 Å². The van der Waals surface area contributed by atoms with Gasteiger partial charge in [-0.2, -0.15) is 0 Å². The van der Waals surface area contributed by atoms with Crippen LogP contribution in [0, 0.1) is 0 Å². The predicted octanol–water partition coefficient (Wildman–Crippen LogP) is 17.1. The number of nitrogens with zero attached hydrogens (tertiary/aromatic N) is 1. The Morgan fingerprint density at radius 1 is 0.230 bits per heavy atom. The van der Waals surface area contributed by atoms with Crippen LogP contribution in [0.15, 0.2) is 237 Å². The Morgan fingerprint density at radius 2 is 0.656 bits per heavy atom. The molecule has 0 saturated heterocycles. The van der Waals surface area contributed by atoms with Gasteiger partial charge < -0.3 is 4.90 Å². The van der Waals surface area contributed by atoms with Crippen molar-refractivity contribution >= 4 is 81.7 Å². The standard InChI is InChI=1S/C60H39N/c1-2-16-40(17-3-1)43-20-14-21-45(38-43)59-55-29-12-10-26-51(55)52-27-11-13-30-56(52)60(59)61(58-31-15-19-42-18-4-5-22-47(42)58)46-35-32-41(33-36-46)44-34-37-54-50-25-7-6-23-48(50)49-24-8-9-28-53(49)57(54)39-44/h1-39H. The summed E-state index contributed by atoms with van der Waals surface area (Å²) < 4.78 is 0. The molecule has 1 heteroatoms. The summed E-state index contributed by atoms with van der Waals surface area (Å²) in [5.41, 5.74) is 10.5. The van der Waals surface area contributed by atoms with Crippen molar-refractivity contribution in [2.75, 3.05) is 4.90 Å². The fourth-order valence-corrected chi connectivity index (χ4v) is 9.81. The average molecular weight is 774 g/mol. The molecule has 0 saturated carbocycles. The molecular weight excluding hydrogens is 735 g/mol. The van der Waals surface area contributed by atoms with Gasteiger partial charge in [-0.05, 0) is 112 Å². The summed E-state index contributed by atoms with van der Waals surface area (Å²) >= 11 is 0. The fraction of sp³-hybridized carbons (Fsp3) is 0. The van der Waals surface area contributed by atoms with E-state index in [1.807, 2.05) is 0 Å². The highest BCUT2D eigenvalue weighted by atomic mass is 15.1. The summed E-state index contributed by atoms with van der Waals surface area (Å²) in [7, 11) is 0. The van der Waals surface area contributed by atoms with Gasteiger partial charge in [0.2, 0.25) is 0 Å². The highest BCUT2D eigenvalue weighted by Gasteiger charge is 2.25. The molecule has 0 fully saturated rings. The second-order valence-electron chi connectivity index (χ2n) is 16.0. The molecule has 1 nitrogen and oxygen atoms in total. The van der Waals surface area contributed by atoms with Crippen molar-refractivity contribution in [3.05, 3.63) is 237 Å². The number of benzene rings is 12. The first-order chi connectivity index (χ1) is 30.3. The lowest BCUT2D eigenvalue weighted by molar-refractivity contribution is 1.32. The number of fused-ring (bicyclic) bond motifs is 10. The van der Waals surface area contributed by atoms with Crippen molar-refractivity contribution in [3.63, 3.8) is 0 Å². The van der Waals surface area contributed by atoms with Gasteiger partial charge in [0, 0.05) is 22.0 Å². The Labute approximate surface area is 355 Å². The Bertz CT molecular complexity index is 3600. The van der Waals surface area contributed by atoms with Crippen LogP contribution in [0.1, 0.15) is 0 Å². The van der Waals surface area contributed by atoms with E-state index in [0.29, 0.717) is 0 Å². The van der Waals surface area contributed by atoms with E-state index in [0.717, 1.165) is 17.1 Å². The third-order valence-corrected chi connectivity index (χ3v) is 12.6. The van der Waals surface area contributed by atoms with E-state index in [-0.39, 0.29) is 0 Å². The van der Waals surface area contributed by atoms with Crippen LogP contribution in [0.3, 0.4) is 0 Å². The Balaban J connectivity index is 1.11. The molecule has 0 aliphatic heterocycles. The van der Waals surface area contributed by atoms with E-state index in [2.05, 4.69) is 241 Å². The second-order valence-corrected chi connectivity index (χ2v) is 16.0. The summed E-state index contributed by atoms with van der Waals surface area (Å²) in [6.45, 7) is 0. The smallest absolute Gasteiger partial charge is 0.0625 e. The molecule has 12 rings (SSSR count). The first kappa shape index (κ1) is 35.0. The molecule has 0 amide bonds. The summed E-state index contributed by atoms with van der Waals surface area (Å²) in [6.07, 6.45) is 0. The van der Waals surface area contributed by atoms with Gasteiger partial charge >= 0.3 is 0 Å². The molecule has 0 aliphatic rings. The molecule has 0 spiro atoms. The summed E-state index contributed by atoms with van der Waals surface area (Å²) in [5.74, 6) is 0. The fourth-order valence-electron chi connectivity index (χ4n) is 9.81. The molecule has 0 radical (unpaired) electrons. The molecule has 0 N–H and O–H groups in total. The van der Waals surface area contributed by atoms with Gasteiger partial charge in [-0.25, -0.2) is 0 Å². The number of rotatable bonds is 6. The SMILES string of the molecule is c1ccc(-c2cccc(-c3c(N(c4ccc(-c5ccc6c7ccccc7c7ccccc7c6c5)cc4)c4cccc5ccccc45)c4ccccc4c4ccccc34)c2)cc1. The summed E-state index contributed by atoms with van der Waals surface area (Å²) in [4.78, 5) is 2.52. The highest BCUT2D eigenvalue weighted by Crippen LogP contribution is 2.51. The maximum absolute atomic E-state index is 2.52. The molecule has 61 heavy (non-hydrogen) atoms. The van der Waals surface area contributed by atoms with Crippen molar-refractivity contribution in [3.8, 4) is 33.4 Å². The Morgan fingerprint density at radius 3 is 1.34 bits per heavy atom. The Kier molecular flexibility index (Phi) is 8.25. The van der Waals surface area contributed by atoms with Crippen LogP contribution in [0.2, 0.25) is 0 Å². The second kappa shape index (κ2) is 14.4. The van der Waals surface area contributed by atoms with Crippen LogP contribution in [0.4, 0.5) is 17.1 Å². The lowest BCUT2D eigenvalue weighted by atomic mass is 9.88. The molecule has 0 aromatic heterocycles. The summed E-state index contributed by atoms with van der Waals surface area (Å²) in [5, 5.41) is 15.0. The van der Waals surface area contributed by atoms with Crippen molar-refractivity contribution in [1.29, 1.82) is 0 Å². The quantitative estimate of drug-likeness (QED) is 0.152. The average Bonchev–Trinajstić information content (AvgIpc) is 3.34. The van der Waals surface area contributed by atoms with E-state index in [9.17, 15) is 0 Å². The van der Waals surface area contributed by atoms with Gasteiger partial charge in [-0.1, -0.05) is 206 Å². The lowest BCUT2D eigenvalue weighted by Crippen LogP contribution is -2.13. The molecule has 0 aliphatic carbocycles. The van der Waals surface area contributed by atoms with Crippen molar-refractivity contribution in [1.82, 2.24) is 0 Å². The normalized spacial score (nSPS) is 11.6. The van der Waals surface area contributed by atoms with E-state index in [1.54, 1.807) is 0 Å². The van der Waals surface area contributed by atoms with Gasteiger partial charge in [0.25, 0.3) is 0 Å². The molecule has 12 aromatic rings. The van der Waals surface area contributed by atoms with Gasteiger partial charge in [-0.3, -0.25) is 0 Å². The van der Waals surface area contributed by atoms with Crippen LogP contribution in [-0.2, 0) is 0 Å². The molecule has 0 bridgehead atoms. The first-order valence-corrected chi connectivity index (χ1v) is 21.1. The summed E-state index contributed by atoms with van der Waals surface area (Å²) in [6, 6.07) is 86.9. The van der Waals surface area contributed by atoms with Crippen LogP contribution < -0.4 is 4.90 Å². The lowest BCUT2D eigenvalue weighted by Gasteiger charge is -2.31. The molecule has 0 heterocycles. The van der Waals surface area contributed by atoms with Crippen LogP contribution in [0.25, 0.3) is 98.0 Å². The van der Waals surface area contributed by atoms with Crippen LogP contribution >= 0.6 is 0 Å².